The smallest absolute Gasteiger partial charge is 0.164 e. The van der Waals surface area contributed by atoms with Gasteiger partial charge in [-0.3, -0.25) is 0 Å². The quantitative estimate of drug-likeness (QED) is 0.0429. The molecule has 0 aromatic heterocycles. The molecule has 2 N–H and O–H groups in total. The SMILES string of the molecule is CCCCCCCCOc1ccc(C(O)(c2ccc(OCCCCCCCC)cc2)[C@@H]2OC(C)(C)O[C@H]2C(O)(c2ccc(OCCCCCCCC)cc2)c2ccc(OCCCCCCCC)cc2)cc1. The van der Waals surface area contributed by atoms with Gasteiger partial charge in [-0.25, -0.2) is 0 Å². The summed E-state index contributed by atoms with van der Waals surface area (Å²) in [6, 6.07) is 30.7. The zero-order valence-corrected chi connectivity index (χ0v) is 45.0. The summed E-state index contributed by atoms with van der Waals surface area (Å²) < 4.78 is 38.8. The Morgan fingerprint density at radius 3 is 0.746 bits per heavy atom. The van der Waals surface area contributed by atoms with Crippen LogP contribution in [-0.4, -0.2) is 54.6 Å². The van der Waals surface area contributed by atoms with E-state index in [4.69, 9.17) is 28.4 Å². The second-order valence-electron chi connectivity index (χ2n) is 20.6. The Morgan fingerprint density at radius 2 is 0.535 bits per heavy atom. The molecule has 8 nitrogen and oxygen atoms in total. The van der Waals surface area contributed by atoms with Crippen LogP contribution in [0.2, 0.25) is 0 Å². The van der Waals surface area contributed by atoms with Gasteiger partial charge in [-0.05, 0) is 110 Å². The molecular weight excluding hydrogens is 885 g/mol. The number of hydrogen-bond acceptors (Lipinski definition) is 8. The summed E-state index contributed by atoms with van der Waals surface area (Å²) in [7, 11) is 0. The average molecular weight is 979 g/mol. The lowest BCUT2D eigenvalue weighted by molar-refractivity contribution is -0.172. The summed E-state index contributed by atoms with van der Waals surface area (Å²) in [5.41, 5.74) is -1.30. The number of aliphatic hydroxyl groups is 2. The Balaban J connectivity index is 1.49. The lowest BCUT2D eigenvalue weighted by atomic mass is 9.72. The highest BCUT2D eigenvalue weighted by molar-refractivity contribution is 5.47. The molecule has 5 rings (SSSR count). The van der Waals surface area contributed by atoms with Crippen molar-refractivity contribution in [2.45, 2.75) is 225 Å². The van der Waals surface area contributed by atoms with Gasteiger partial charge in [0.1, 0.15) is 46.4 Å². The highest BCUT2D eigenvalue weighted by atomic mass is 16.8. The Bertz CT molecular complexity index is 1710. The fraction of sp³-hybridized carbons (Fsp3) is 0.619. The highest BCUT2D eigenvalue weighted by Gasteiger charge is 2.61. The van der Waals surface area contributed by atoms with Crippen LogP contribution in [0.3, 0.4) is 0 Å². The minimum Gasteiger partial charge on any atom is -0.494 e. The molecule has 1 fully saturated rings. The summed E-state index contributed by atoms with van der Waals surface area (Å²) in [5.74, 6) is 1.74. The Labute approximate surface area is 430 Å². The Kier molecular flexibility index (Phi) is 25.6. The molecule has 0 unspecified atom stereocenters. The van der Waals surface area contributed by atoms with Crippen molar-refractivity contribution in [3.63, 3.8) is 0 Å². The van der Waals surface area contributed by atoms with Gasteiger partial charge in [-0.2, -0.15) is 0 Å². The van der Waals surface area contributed by atoms with E-state index < -0.39 is 29.2 Å². The maximum absolute atomic E-state index is 13.8. The van der Waals surface area contributed by atoms with E-state index in [0.717, 1.165) is 74.4 Å². The fourth-order valence-electron chi connectivity index (χ4n) is 9.87. The summed E-state index contributed by atoms with van der Waals surface area (Å²) in [6.45, 7) is 15.2. The van der Waals surface area contributed by atoms with E-state index in [1.165, 1.54) is 103 Å². The van der Waals surface area contributed by atoms with Crippen LogP contribution in [0.4, 0.5) is 0 Å². The van der Waals surface area contributed by atoms with Gasteiger partial charge in [-0.15, -0.1) is 0 Å². The van der Waals surface area contributed by atoms with Crippen molar-refractivity contribution in [2.24, 2.45) is 0 Å². The molecule has 0 spiro atoms. The first-order chi connectivity index (χ1) is 34.6. The number of benzene rings is 4. The molecule has 4 aromatic rings. The third-order valence-electron chi connectivity index (χ3n) is 14.2. The molecule has 1 heterocycles. The topological polar surface area (TPSA) is 95.8 Å². The maximum atomic E-state index is 13.8. The van der Waals surface area contributed by atoms with Crippen LogP contribution < -0.4 is 18.9 Å². The van der Waals surface area contributed by atoms with Gasteiger partial charge in [0.2, 0.25) is 0 Å². The molecule has 1 aliphatic rings. The molecule has 1 aliphatic heterocycles. The van der Waals surface area contributed by atoms with Crippen LogP contribution in [0, 0.1) is 0 Å². The molecule has 1 saturated heterocycles. The van der Waals surface area contributed by atoms with Gasteiger partial charge in [0.05, 0.1) is 26.4 Å². The number of ether oxygens (including phenoxy) is 6. The standard InChI is InChI=1S/C63H94O8/c1-7-11-15-19-23-27-47-66-55-39-31-51(32-40-55)62(64,52-33-41-56(42-34-52)67-48-28-24-20-16-12-8-2)59-60(71-61(5,6)70-59)63(65,53-35-43-57(44-36-53)68-49-29-25-21-17-13-9-3)54-37-45-58(46-38-54)69-50-30-26-22-18-14-10-4/h31-46,59-60,64-65H,7-30,47-50H2,1-6H3/t59-,60-/m1/s1. The van der Waals surface area contributed by atoms with Gasteiger partial charge < -0.3 is 38.6 Å². The van der Waals surface area contributed by atoms with Crippen molar-refractivity contribution in [3.05, 3.63) is 119 Å². The lowest BCUT2D eigenvalue weighted by Crippen LogP contribution is -2.55. The van der Waals surface area contributed by atoms with E-state index in [-0.39, 0.29) is 0 Å². The van der Waals surface area contributed by atoms with E-state index in [1.54, 1.807) is 0 Å². The minimum absolute atomic E-state index is 0.584. The van der Waals surface area contributed by atoms with Crippen molar-refractivity contribution in [3.8, 4) is 23.0 Å². The number of rotatable bonds is 38. The van der Waals surface area contributed by atoms with Crippen molar-refractivity contribution in [1.82, 2.24) is 0 Å². The second kappa shape index (κ2) is 31.5. The average Bonchev–Trinajstić information content (AvgIpc) is 3.73. The van der Waals surface area contributed by atoms with Crippen molar-refractivity contribution >= 4 is 0 Å². The van der Waals surface area contributed by atoms with Gasteiger partial charge in [0, 0.05) is 0 Å². The molecule has 71 heavy (non-hydrogen) atoms. The summed E-state index contributed by atoms with van der Waals surface area (Å²) >= 11 is 0. The van der Waals surface area contributed by atoms with E-state index >= 15 is 0 Å². The molecule has 8 heteroatoms. The van der Waals surface area contributed by atoms with Gasteiger partial charge >= 0.3 is 0 Å². The Morgan fingerprint density at radius 1 is 0.338 bits per heavy atom. The molecule has 0 aliphatic carbocycles. The third-order valence-corrected chi connectivity index (χ3v) is 14.2. The third kappa shape index (κ3) is 18.1. The highest BCUT2D eigenvalue weighted by Crippen LogP contribution is 2.51. The monoisotopic (exact) mass is 979 g/mol. The van der Waals surface area contributed by atoms with Crippen LogP contribution in [-0.2, 0) is 20.7 Å². The first-order valence-electron chi connectivity index (χ1n) is 28.3. The molecule has 0 bridgehead atoms. The largest absolute Gasteiger partial charge is 0.494 e. The lowest BCUT2D eigenvalue weighted by Gasteiger charge is -2.42. The van der Waals surface area contributed by atoms with Crippen LogP contribution >= 0.6 is 0 Å². The maximum Gasteiger partial charge on any atom is 0.164 e. The van der Waals surface area contributed by atoms with Gasteiger partial charge in [0.15, 0.2) is 5.79 Å². The zero-order chi connectivity index (χ0) is 50.6. The Hall–Kier alpha value is -4.08. The molecular formula is C63H94O8. The second-order valence-corrected chi connectivity index (χ2v) is 20.6. The van der Waals surface area contributed by atoms with E-state index in [1.807, 2.05) is 111 Å². The van der Waals surface area contributed by atoms with Crippen molar-refractivity contribution < 1.29 is 38.6 Å². The summed E-state index contributed by atoms with van der Waals surface area (Å²) in [6.07, 6.45) is 26.2. The van der Waals surface area contributed by atoms with E-state index in [9.17, 15) is 10.2 Å². The summed E-state index contributed by atoms with van der Waals surface area (Å²) in [5, 5.41) is 27.5. The van der Waals surface area contributed by atoms with Gasteiger partial charge in [-0.1, -0.05) is 205 Å². The fourth-order valence-corrected chi connectivity index (χ4v) is 9.87. The first-order valence-corrected chi connectivity index (χ1v) is 28.3. The minimum atomic E-state index is -1.82. The molecule has 4 aromatic carbocycles. The molecule has 0 radical (unpaired) electrons. The van der Waals surface area contributed by atoms with Crippen molar-refractivity contribution in [2.75, 3.05) is 26.4 Å². The van der Waals surface area contributed by atoms with E-state index in [0.29, 0.717) is 48.7 Å². The van der Waals surface area contributed by atoms with Crippen LogP contribution in [0.5, 0.6) is 23.0 Å². The first kappa shape index (κ1) is 57.8. The predicted octanol–water partition coefficient (Wildman–Crippen LogP) is 16.3. The normalized spacial score (nSPS) is 15.8. The number of unbranched alkanes of at least 4 members (excludes halogenated alkanes) is 20. The molecule has 2 atom stereocenters. The molecule has 0 saturated carbocycles. The van der Waals surface area contributed by atoms with Crippen LogP contribution in [0.1, 0.15) is 218 Å². The summed E-state index contributed by atoms with van der Waals surface area (Å²) in [4.78, 5) is 0. The van der Waals surface area contributed by atoms with Crippen LogP contribution in [0.15, 0.2) is 97.1 Å². The van der Waals surface area contributed by atoms with Gasteiger partial charge in [0.25, 0.3) is 0 Å². The van der Waals surface area contributed by atoms with Crippen LogP contribution in [0.25, 0.3) is 0 Å². The van der Waals surface area contributed by atoms with E-state index in [2.05, 4.69) is 27.7 Å². The number of hydrogen-bond donors (Lipinski definition) is 2. The predicted molar refractivity (Wildman–Crippen MR) is 291 cm³/mol. The zero-order valence-electron chi connectivity index (χ0n) is 45.0. The molecule has 0 amide bonds. The molecule has 394 valence electrons. The van der Waals surface area contributed by atoms with Crippen molar-refractivity contribution in [1.29, 1.82) is 0 Å².